The average Bonchev–Trinajstić information content (AvgIpc) is 2.46. The van der Waals surface area contributed by atoms with Crippen LogP contribution in [-0.2, 0) is 19.2 Å². The van der Waals surface area contributed by atoms with E-state index in [0.717, 1.165) is 0 Å². The van der Waals surface area contributed by atoms with Gasteiger partial charge < -0.3 is 21.3 Å². The second-order valence-electron chi connectivity index (χ2n) is 5.10. The van der Waals surface area contributed by atoms with E-state index in [1.54, 1.807) is 18.2 Å². The van der Waals surface area contributed by atoms with Gasteiger partial charge in [0.25, 0.3) is 0 Å². The Hall–Kier alpha value is -2.48. The van der Waals surface area contributed by atoms with E-state index in [-0.39, 0.29) is 19.3 Å². The molecule has 8 nitrogen and oxygen atoms in total. The van der Waals surface area contributed by atoms with Gasteiger partial charge in [-0.2, -0.15) is 0 Å². The van der Waals surface area contributed by atoms with Crippen molar-refractivity contribution in [1.82, 2.24) is 5.32 Å². The number of carboxylic acids is 2. The lowest BCUT2D eigenvalue weighted by molar-refractivity contribution is -0.143. The number of amides is 1. The van der Waals surface area contributed by atoms with Gasteiger partial charge in [-0.15, -0.1) is 0 Å². The highest BCUT2D eigenvalue weighted by Gasteiger charge is 2.42. The summed E-state index contributed by atoms with van der Waals surface area (Å²) >= 11 is 0. The summed E-state index contributed by atoms with van der Waals surface area (Å²) in [7, 11) is 0. The Labute approximate surface area is 126 Å². The average molecular weight is 310 g/mol. The molecule has 0 aromatic heterocycles. The lowest BCUT2D eigenvalue weighted by atomic mass is 9.70. The number of carbonyl (C=O) groups is 4. The summed E-state index contributed by atoms with van der Waals surface area (Å²) in [6.07, 6.45) is 6.15. The molecule has 0 heterocycles. The van der Waals surface area contributed by atoms with Gasteiger partial charge in [-0.25, -0.2) is 4.79 Å². The Balaban J connectivity index is 3.04. The fraction of sp³-hybridized carbons (Fsp3) is 0.429. The second-order valence-corrected chi connectivity index (χ2v) is 5.10. The van der Waals surface area contributed by atoms with Gasteiger partial charge in [-0.05, 0) is 12.8 Å². The Morgan fingerprint density at radius 2 is 2.00 bits per heavy atom. The van der Waals surface area contributed by atoms with Crippen molar-refractivity contribution in [2.24, 2.45) is 11.1 Å². The smallest absolute Gasteiger partial charge is 0.326 e. The van der Waals surface area contributed by atoms with E-state index < -0.39 is 41.6 Å². The van der Waals surface area contributed by atoms with Crippen molar-refractivity contribution in [3.8, 4) is 0 Å². The third kappa shape index (κ3) is 4.26. The van der Waals surface area contributed by atoms with Crippen molar-refractivity contribution < 1.29 is 29.4 Å². The Morgan fingerprint density at radius 3 is 2.45 bits per heavy atom. The van der Waals surface area contributed by atoms with E-state index in [9.17, 15) is 19.2 Å². The van der Waals surface area contributed by atoms with E-state index in [0.29, 0.717) is 0 Å². The van der Waals surface area contributed by atoms with Crippen molar-refractivity contribution in [2.75, 3.05) is 0 Å². The second kappa shape index (κ2) is 7.51. The SMILES string of the molecule is N[C@@H](CC(=O)O)C(=O)C1(C[C@H](NC=O)C(=O)O)C=CC=CC1. The number of nitrogens with one attached hydrogen (secondary N) is 1. The summed E-state index contributed by atoms with van der Waals surface area (Å²) in [4.78, 5) is 44.9. The highest BCUT2D eigenvalue weighted by Crippen LogP contribution is 2.35. The van der Waals surface area contributed by atoms with Crippen LogP contribution in [0.2, 0.25) is 0 Å². The van der Waals surface area contributed by atoms with Crippen LogP contribution in [-0.4, -0.2) is 46.4 Å². The maximum Gasteiger partial charge on any atom is 0.326 e. The van der Waals surface area contributed by atoms with E-state index >= 15 is 0 Å². The van der Waals surface area contributed by atoms with Crippen LogP contribution in [0.4, 0.5) is 0 Å². The molecule has 0 aliphatic heterocycles. The van der Waals surface area contributed by atoms with Gasteiger partial charge in [0.1, 0.15) is 6.04 Å². The lowest BCUT2D eigenvalue weighted by Gasteiger charge is -2.33. The topological polar surface area (TPSA) is 147 Å². The highest BCUT2D eigenvalue weighted by atomic mass is 16.4. The number of Topliss-reactive ketones (excluding diaryl/α,β-unsaturated/α-hetero) is 1. The molecule has 120 valence electrons. The molecule has 0 saturated heterocycles. The number of nitrogens with two attached hydrogens (primary N) is 1. The molecule has 5 N–H and O–H groups in total. The number of carboxylic acid groups (broad SMARTS) is 2. The zero-order chi connectivity index (χ0) is 16.8. The molecular weight excluding hydrogens is 292 g/mol. The van der Waals surface area contributed by atoms with Crippen molar-refractivity contribution in [2.45, 2.75) is 31.3 Å². The zero-order valence-corrected chi connectivity index (χ0v) is 11.8. The van der Waals surface area contributed by atoms with Crippen molar-refractivity contribution in [3.05, 3.63) is 24.3 Å². The summed E-state index contributed by atoms with van der Waals surface area (Å²) in [6, 6.07) is -2.52. The van der Waals surface area contributed by atoms with Gasteiger partial charge in [-0.1, -0.05) is 24.3 Å². The molecule has 0 fully saturated rings. The van der Waals surface area contributed by atoms with Crippen LogP contribution in [0.1, 0.15) is 19.3 Å². The van der Waals surface area contributed by atoms with Gasteiger partial charge in [0, 0.05) is 0 Å². The van der Waals surface area contributed by atoms with E-state index in [4.69, 9.17) is 15.9 Å². The van der Waals surface area contributed by atoms with Crippen LogP contribution >= 0.6 is 0 Å². The van der Waals surface area contributed by atoms with Crippen LogP contribution in [0.25, 0.3) is 0 Å². The number of ketones is 1. The quantitative estimate of drug-likeness (QED) is 0.418. The Morgan fingerprint density at radius 1 is 1.32 bits per heavy atom. The minimum Gasteiger partial charge on any atom is -0.481 e. The van der Waals surface area contributed by atoms with E-state index in [1.807, 2.05) is 0 Å². The van der Waals surface area contributed by atoms with Crippen molar-refractivity contribution in [1.29, 1.82) is 0 Å². The van der Waals surface area contributed by atoms with Crippen molar-refractivity contribution in [3.63, 3.8) is 0 Å². The Bertz CT molecular complexity index is 527. The minimum atomic E-state index is -1.28. The van der Waals surface area contributed by atoms with Gasteiger partial charge in [0.2, 0.25) is 6.41 Å². The summed E-state index contributed by atoms with van der Waals surface area (Å²) in [6.45, 7) is 0. The number of allylic oxidation sites excluding steroid dienone is 4. The first-order chi connectivity index (χ1) is 10.3. The largest absolute Gasteiger partial charge is 0.481 e. The normalized spacial score (nSPS) is 22.6. The Kier molecular flexibility index (Phi) is 6.00. The number of hydrogen-bond donors (Lipinski definition) is 4. The van der Waals surface area contributed by atoms with Crippen LogP contribution in [0.5, 0.6) is 0 Å². The molecule has 1 aliphatic carbocycles. The molecule has 0 saturated carbocycles. The first-order valence-corrected chi connectivity index (χ1v) is 6.61. The monoisotopic (exact) mass is 310 g/mol. The molecule has 1 rings (SSSR count). The summed E-state index contributed by atoms with van der Waals surface area (Å²) in [5.74, 6) is -3.06. The molecule has 0 radical (unpaired) electrons. The minimum absolute atomic E-state index is 0.194. The van der Waals surface area contributed by atoms with Crippen LogP contribution < -0.4 is 11.1 Å². The molecular formula is C14H18N2O6. The number of carbonyl (C=O) groups excluding carboxylic acids is 2. The number of rotatable bonds is 9. The van der Waals surface area contributed by atoms with Gasteiger partial charge in [0.15, 0.2) is 5.78 Å². The maximum absolute atomic E-state index is 12.5. The molecule has 3 atom stereocenters. The summed E-state index contributed by atoms with van der Waals surface area (Å²) in [5.41, 5.74) is 4.39. The van der Waals surface area contributed by atoms with Gasteiger partial charge in [0.05, 0.1) is 17.9 Å². The van der Waals surface area contributed by atoms with E-state index in [2.05, 4.69) is 5.32 Å². The first-order valence-electron chi connectivity index (χ1n) is 6.61. The number of aliphatic carboxylic acids is 2. The molecule has 1 amide bonds. The predicted molar refractivity (Wildman–Crippen MR) is 75.8 cm³/mol. The molecule has 0 bridgehead atoms. The molecule has 0 aromatic rings. The molecule has 0 spiro atoms. The van der Waals surface area contributed by atoms with Crippen LogP contribution in [0.15, 0.2) is 24.3 Å². The summed E-state index contributed by atoms with van der Waals surface area (Å²) in [5, 5.41) is 20.0. The fourth-order valence-electron chi connectivity index (χ4n) is 2.41. The molecule has 1 unspecified atom stereocenters. The third-order valence-electron chi connectivity index (χ3n) is 3.50. The molecule has 22 heavy (non-hydrogen) atoms. The predicted octanol–water partition coefficient (Wildman–Crippen LogP) is -0.551. The van der Waals surface area contributed by atoms with Gasteiger partial charge in [-0.3, -0.25) is 14.4 Å². The van der Waals surface area contributed by atoms with Crippen LogP contribution in [0, 0.1) is 5.41 Å². The van der Waals surface area contributed by atoms with E-state index in [1.165, 1.54) is 6.08 Å². The summed E-state index contributed by atoms with van der Waals surface area (Å²) < 4.78 is 0. The van der Waals surface area contributed by atoms with Gasteiger partial charge >= 0.3 is 11.9 Å². The number of hydrogen-bond acceptors (Lipinski definition) is 5. The third-order valence-corrected chi connectivity index (χ3v) is 3.50. The highest BCUT2D eigenvalue weighted by molar-refractivity contribution is 5.94. The fourth-order valence-corrected chi connectivity index (χ4v) is 2.41. The molecule has 1 aliphatic rings. The molecule has 0 aromatic carbocycles. The van der Waals surface area contributed by atoms with Crippen molar-refractivity contribution >= 4 is 24.1 Å². The maximum atomic E-state index is 12.5. The lowest BCUT2D eigenvalue weighted by Crippen LogP contribution is -2.49. The standard InChI is InChI=1S/C14H18N2O6/c15-9(6-11(18)19)12(20)14(4-2-1-3-5-14)7-10(13(21)22)16-8-17/h1-4,8-10H,5-7,15H2,(H,16,17)(H,18,19)(H,21,22)/t9-,10-,14?/m0/s1. The van der Waals surface area contributed by atoms with Crippen LogP contribution in [0.3, 0.4) is 0 Å². The zero-order valence-electron chi connectivity index (χ0n) is 11.8. The molecule has 8 heteroatoms. The first kappa shape index (κ1) is 17.6.